The Labute approximate surface area is 147 Å². The SMILES string of the molecule is COc1cc(Cl)c(C)cc1NC(=O)NCCNC(=O)OC(C)(C)C. The summed E-state index contributed by atoms with van der Waals surface area (Å²) in [4.78, 5) is 23.4. The highest BCUT2D eigenvalue weighted by Gasteiger charge is 2.15. The van der Waals surface area contributed by atoms with Gasteiger partial charge in [-0.25, -0.2) is 9.59 Å². The zero-order valence-corrected chi connectivity index (χ0v) is 15.3. The Morgan fingerprint density at radius 2 is 1.79 bits per heavy atom. The normalized spacial score (nSPS) is 10.8. The topological polar surface area (TPSA) is 88.7 Å². The molecule has 0 aliphatic rings. The van der Waals surface area contributed by atoms with E-state index in [1.54, 1.807) is 32.9 Å². The molecule has 1 rings (SSSR count). The van der Waals surface area contributed by atoms with Crippen LogP contribution in [0.4, 0.5) is 15.3 Å². The van der Waals surface area contributed by atoms with Gasteiger partial charge >= 0.3 is 12.1 Å². The maximum absolute atomic E-state index is 11.9. The molecule has 0 atom stereocenters. The lowest BCUT2D eigenvalue weighted by Gasteiger charge is -2.19. The molecular weight excluding hydrogens is 334 g/mol. The molecule has 0 spiro atoms. The van der Waals surface area contributed by atoms with Crippen molar-refractivity contribution in [2.75, 3.05) is 25.5 Å². The van der Waals surface area contributed by atoms with Crippen molar-refractivity contribution >= 4 is 29.4 Å². The van der Waals surface area contributed by atoms with Crippen molar-refractivity contribution in [3.63, 3.8) is 0 Å². The highest BCUT2D eigenvalue weighted by Crippen LogP contribution is 2.30. The molecule has 0 heterocycles. The Morgan fingerprint density at radius 1 is 1.17 bits per heavy atom. The fraction of sp³-hybridized carbons (Fsp3) is 0.500. The van der Waals surface area contributed by atoms with E-state index in [0.29, 0.717) is 16.5 Å². The number of halogens is 1. The number of urea groups is 1. The predicted molar refractivity (Wildman–Crippen MR) is 94.0 cm³/mol. The molecule has 0 fully saturated rings. The molecule has 1 aromatic rings. The molecule has 0 saturated heterocycles. The number of hydrogen-bond donors (Lipinski definition) is 3. The number of hydrogen-bond acceptors (Lipinski definition) is 4. The Morgan fingerprint density at radius 3 is 2.38 bits per heavy atom. The molecule has 0 aliphatic heterocycles. The Kier molecular flexibility index (Phi) is 7.16. The van der Waals surface area contributed by atoms with Gasteiger partial charge in [0.1, 0.15) is 11.4 Å². The lowest BCUT2D eigenvalue weighted by molar-refractivity contribution is 0.0528. The Balaban J connectivity index is 2.42. The van der Waals surface area contributed by atoms with Gasteiger partial charge in [-0.2, -0.15) is 0 Å². The van der Waals surface area contributed by atoms with Crippen LogP contribution in [-0.2, 0) is 4.74 Å². The average molecular weight is 358 g/mol. The minimum atomic E-state index is -0.558. The summed E-state index contributed by atoms with van der Waals surface area (Å²) in [6, 6.07) is 2.94. The van der Waals surface area contributed by atoms with E-state index >= 15 is 0 Å². The van der Waals surface area contributed by atoms with Gasteiger partial charge in [-0.1, -0.05) is 11.6 Å². The molecule has 8 heteroatoms. The van der Waals surface area contributed by atoms with Crippen LogP contribution in [0.2, 0.25) is 5.02 Å². The van der Waals surface area contributed by atoms with Crippen molar-refractivity contribution in [2.24, 2.45) is 0 Å². The van der Waals surface area contributed by atoms with Crippen LogP contribution < -0.4 is 20.7 Å². The zero-order valence-electron chi connectivity index (χ0n) is 14.6. The number of ether oxygens (including phenoxy) is 2. The third-order valence-corrected chi connectivity index (χ3v) is 3.21. The van der Waals surface area contributed by atoms with Gasteiger partial charge in [-0.3, -0.25) is 0 Å². The first-order valence-electron chi connectivity index (χ1n) is 7.48. The maximum Gasteiger partial charge on any atom is 0.407 e. The van der Waals surface area contributed by atoms with Gasteiger partial charge in [0, 0.05) is 24.2 Å². The standard InChI is InChI=1S/C16H24ClN3O4/c1-10-8-12(13(23-5)9-11(10)17)20-14(21)18-6-7-19-15(22)24-16(2,3)4/h8-9H,6-7H2,1-5H3,(H,19,22)(H2,18,20,21). The Bertz CT molecular complexity index is 600. The Hall–Kier alpha value is -2.15. The molecule has 0 aromatic heterocycles. The van der Waals surface area contributed by atoms with Gasteiger partial charge in [0.05, 0.1) is 12.8 Å². The molecule has 24 heavy (non-hydrogen) atoms. The summed E-state index contributed by atoms with van der Waals surface area (Å²) in [5.41, 5.74) is 0.772. The number of anilines is 1. The first-order valence-corrected chi connectivity index (χ1v) is 7.86. The molecular formula is C16H24ClN3O4. The average Bonchev–Trinajstić information content (AvgIpc) is 2.45. The number of aryl methyl sites for hydroxylation is 1. The van der Waals surface area contributed by atoms with Crippen molar-refractivity contribution < 1.29 is 19.1 Å². The van der Waals surface area contributed by atoms with E-state index in [1.807, 2.05) is 6.92 Å². The number of methoxy groups -OCH3 is 1. The highest BCUT2D eigenvalue weighted by atomic mass is 35.5. The van der Waals surface area contributed by atoms with Gasteiger partial charge in [-0.15, -0.1) is 0 Å². The minimum absolute atomic E-state index is 0.249. The van der Waals surface area contributed by atoms with Gasteiger partial charge in [-0.05, 0) is 39.3 Å². The van der Waals surface area contributed by atoms with Gasteiger partial charge in [0.25, 0.3) is 0 Å². The van der Waals surface area contributed by atoms with E-state index in [2.05, 4.69) is 16.0 Å². The number of alkyl carbamates (subject to hydrolysis) is 1. The molecule has 0 unspecified atom stereocenters. The summed E-state index contributed by atoms with van der Waals surface area (Å²) in [6.45, 7) is 7.66. The van der Waals surface area contributed by atoms with Crippen LogP contribution in [-0.4, -0.2) is 37.9 Å². The van der Waals surface area contributed by atoms with Crippen molar-refractivity contribution in [3.05, 3.63) is 22.7 Å². The summed E-state index contributed by atoms with van der Waals surface area (Å²) in [6.07, 6.45) is -0.528. The van der Waals surface area contributed by atoms with Crippen LogP contribution >= 0.6 is 11.6 Å². The monoisotopic (exact) mass is 357 g/mol. The third kappa shape index (κ3) is 6.95. The number of carbonyl (C=O) groups excluding carboxylic acids is 2. The summed E-state index contributed by atoms with van der Waals surface area (Å²) >= 11 is 6.02. The van der Waals surface area contributed by atoms with Crippen LogP contribution in [0.3, 0.4) is 0 Å². The maximum atomic E-state index is 11.9. The number of rotatable bonds is 5. The van der Waals surface area contributed by atoms with E-state index in [9.17, 15) is 9.59 Å². The third-order valence-electron chi connectivity index (χ3n) is 2.81. The van der Waals surface area contributed by atoms with Crippen LogP contribution in [0.1, 0.15) is 26.3 Å². The minimum Gasteiger partial charge on any atom is -0.495 e. The quantitative estimate of drug-likeness (QED) is 0.705. The summed E-state index contributed by atoms with van der Waals surface area (Å²) < 4.78 is 10.3. The molecule has 1 aromatic carbocycles. The van der Waals surface area contributed by atoms with Crippen LogP contribution in [0, 0.1) is 6.92 Å². The summed E-state index contributed by atoms with van der Waals surface area (Å²) in [5.74, 6) is 0.465. The van der Waals surface area contributed by atoms with Crippen LogP contribution in [0.5, 0.6) is 5.75 Å². The summed E-state index contributed by atoms with van der Waals surface area (Å²) in [7, 11) is 1.49. The number of amides is 3. The smallest absolute Gasteiger partial charge is 0.407 e. The second-order valence-electron chi connectivity index (χ2n) is 6.11. The fourth-order valence-corrected chi connectivity index (χ4v) is 1.90. The highest BCUT2D eigenvalue weighted by molar-refractivity contribution is 6.31. The van der Waals surface area contributed by atoms with Gasteiger partial charge in [0.15, 0.2) is 0 Å². The molecule has 3 N–H and O–H groups in total. The number of nitrogens with one attached hydrogen (secondary N) is 3. The van der Waals surface area contributed by atoms with E-state index in [-0.39, 0.29) is 13.1 Å². The van der Waals surface area contributed by atoms with E-state index in [1.165, 1.54) is 7.11 Å². The molecule has 0 radical (unpaired) electrons. The lowest BCUT2D eigenvalue weighted by atomic mass is 10.2. The first-order chi connectivity index (χ1) is 11.1. The van der Waals surface area contributed by atoms with Crippen molar-refractivity contribution in [1.82, 2.24) is 10.6 Å². The molecule has 3 amide bonds. The lowest BCUT2D eigenvalue weighted by Crippen LogP contribution is -2.39. The van der Waals surface area contributed by atoms with E-state index in [0.717, 1.165) is 5.56 Å². The van der Waals surface area contributed by atoms with Crippen molar-refractivity contribution in [3.8, 4) is 5.75 Å². The van der Waals surface area contributed by atoms with Crippen molar-refractivity contribution in [2.45, 2.75) is 33.3 Å². The van der Waals surface area contributed by atoms with Gasteiger partial charge < -0.3 is 25.4 Å². The molecule has 0 bridgehead atoms. The van der Waals surface area contributed by atoms with Gasteiger partial charge in [0.2, 0.25) is 0 Å². The first kappa shape index (κ1) is 19.9. The van der Waals surface area contributed by atoms with Crippen molar-refractivity contribution in [1.29, 1.82) is 0 Å². The molecule has 0 saturated carbocycles. The second kappa shape index (κ2) is 8.63. The fourth-order valence-electron chi connectivity index (χ4n) is 1.75. The molecule has 7 nitrogen and oxygen atoms in total. The zero-order chi connectivity index (χ0) is 18.3. The summed E-state index contributed by atoms with van der Waals surface area (Å²) in [5, 5.41) is 8.41. The van der Waals surface area contributed by atoms with Crippen LogP contribution in [0.25, 0.3) is 0 Å². The molecule has 134 valence electrons. The van der Waals surface area contributed by atoms with Crippen LogP contribution in [0.15, 0.2) is 12.1 Å². The van der Waals surface area contributed by atoms with E-state index in [4.69, 9.17) is 21.1 Å². The molecule has 0 aliphatic carbocycles. The van der Waals surface area contributed by atoms with E-state index < -0.39 is 17.7 Å². The number of benzene rings is 1. The second-order valence-corrected chi connectivity index (χ2v) is 6.52. The largest absolute Gasteiger partial charge is 0.495 e. The number of carbonyl (C=O) groups is 2. The predicted octanol–water partition coefficient (Wildman–Crippen LogP) is 3.30.